The number of esters is 1. The normalized spacial score (nSPS) is 26.6. The van der Waals surface area contributed by atoms with Gasteiger partial charge in [-0.1, -0.05) is 0 Å². The molecule has 0 spiro atoms. The monoisotopic (exact) mass is 266 g/mol. The fourth-order valence-electron chi connectivity index (χ4n) is 2.89. The first-order valence-corrected chi connectivity index (χ1v) is 6.78. The van der Waals surface area contributed by atoms with Gasteiger partial charge in [-0.05, 0) is 47.1 Å². The van der Waals surface area contributed by atoms with Gasteiger partial charge in [0.05, 0.1) is 12.6 Å². The summed E-state index contributed by atoms with van der Waals surface area (Å²) in [6.45, 7) is 6.08. The molecule has 106 valence electrons. The summed E-state index contributed by atoms with van der Waals surface area (Å²) < 4.78 is 7.13. The fraction of sp³-hybridized carbons (Fsp3) is 0.769. The van der Waals surface area contributed by atoms with Crippen molar-refractivity contribution in [3.8, 4) is 0 Å². The third kappa shape index (κ3) is 2.49. The van der Waals surface area contributed by atoms with E-state index in [0.717, 1.165) is 24.5 Å². The van der Waals surface area contributed by atoms with Crippen LogP contribution in [0.4, 0.5) is 0 Å². The molecule has 1 heterocycles. The van der Waals surface area contributed by atoms with Crippen LogP contribution in [0, 0.1) is 13.8 Å². The predicted octanol–water partition coefficient (Wildman–Crippen LogP) is 1.14. The number of carbonyl (C=O) groups excluding carboxylic acids is 1. The third-order valence-corrected chi connectivity index (χ3v) is 3.89. The van der Waals surface area contributed by atoms with Crippen LogP contribution in [0.2, 0.25) is 0 Å². The second-order valence-electron chi connectivity index (χ2n) is 5.10. The van der Waals surface area contributed by atoms with Crippen LogP contribution < -0.4 is 5.32 Å². The van der Waals surface area contributed by atoms with Crippen molar-refractivity contribution in [2.24, 2.45) is 0 Å². The van der Waals surface area contributed by atoms with E-state index >= 15 is 0 Å². The molecule has 1 saturated carbocycles. The van der Waals surface area contributed by atoms with E-state index in [-0.39, 0.29) is 12.0 Å². The number of aromatic nitrogens is 3. The summed E-state index contributed by atoms with van der Waals surface area (Å²) in [6, 6.07) is 0.207. The van der Waals surface area contributed by atoms with Crippen LogP contribution in [-0.2, 0) is 9.53 Å². The maximum Gasteiger partial charge on any atom is 0.326 e. The molecule has 0 aromatic carbocycles. The molecule has 0 aliphatic heterocycles. The number of ether oxygens (including phenoxy) is 1. The minimum absolute atomic E-state index is 0.158. The molecule has 2 atom stereocenters. The summed E-state index contributed by atoms with van der Waals surface area (Å²) in [5.41, 5.74) is -0.576. The molecule has 1 aromatic heterocycles. The SMILES string of the molecule is CCOC(=O)C1(NC)CCC(n2nc(C)nc2C)C1. The topological polar surface area (TPSA) is 69.0 Å². The molecule has 2 unspecified atom stereocenters. The van der Waals surface area contributed by atoms with E-state index in [4.69, 9.17) is 4.74 Å². The molecule has 6 heteroatoms. The number of aryl methyl sites for hydroxylation is 2. The van der Waals surface area contributed by atoms with Gasteiger partial charge in [0.15, 0.2) is 0 Å². The van der Waals surface area contributed by atoms with Gasteiger partial charge in [0, 0.05) is 0 Å². The van der Waals surface area contributed by atoms with Gasteiger partial charge in [-0.25, -0.2) is 9.67 Å². The lowest BCUT2D eigenvalue weighted by Crippen LogP contribution is -2.49. The zero-order chi connectivity index (χ0) is 14.0. The number of hydrogen-bond acceptors (Lipinski definition) is 5. The molecule has 0 saturated heterocycles. The summed E-state index contributed by atoms with van der Waals surface area (Å²) in [7, 11) is 1.82. The van der Waals surface area contributed by atoms with Crippen molar-refractivity contribution in [3.05, 3.63) is 11.6 Å². The molecule has 19 heavy (non-hydrogen) atoms. The Balaban J connectivity index is 2.17. The number of carbonyl (C=O) groups is 1. The molecule has 6 nitrogen and oxygen atoms in total. The predicted molar refractivity (Wildman–Crippen MR) is 70.8 cm³/mol. The summed E-state index contributed by atoms with van der Waals surface area (Å²) >= 11 is 0. The van der Waals surface area contributed by atoms with Gasteiger partial charge in [0.25, 0.3) is 0 Å². The van der Waals surface area contributed by atoms with E-state index in [2.05, 4.69) is 15.4 Å². The van der Waals surface area contributed by atoms with Gasteiger partial charge in [0.1, 0.15) is 17.2 Å². The minimum Gasteiger partial charge on any atom is -0.465 e. The van der Waals surface area contributed by atoms with Crippen molar-refractivity contribution in [2.75, 3.05) is 13.7 Å². The Kier molecular flexibility index (Phi) is 3.89. The first kappa shape index (κ1) is 14.0. The lowest BCUT2D eigenvalue weighted by atomic mass is 9.98. The van der Waals surface area contributed by atoms with Crippen LogP contribution in [-0.4, -0.2) is 39.9 Å². The Morgan fingerprint density at radius 3 is 2.84 bits per heavy atom. The molecule has 2 rings (SSSR count). The van der Waals surface area contributed by atoms with Gasteiger partial charge in [-0.3, -0.25) is 4.79 Å². The molecule has 0 amide bonds. The standard InChI is InChI=1S/C13H22N4O2/c1-5-19-12(18)13(14-4)7-6-11(8-13)17-10(3)15-9(2)16-17/h11,14H,5-8H2,1-4H3. The van der Waals surface area contributed by atoms with E-state index in [9.17, 15) is 4.79 Å². The Labute approximate surface area is 113 Å². The van der Waals surface area contributed by atoms with Gasteiger partial charge < -0.3 is 10.1 Å². The van der Waals surface area contributed by atoms with Crippen LogP contribution in [0.25, 0.3) is 0 Å². The first-order chi connectivity index (χ1) is 9.02. The summed E-state index contributed by atoms with van der Waals surface area (Å²) in [5.74, 6) is 1.52. The average molecular weight is 266 g/mol. The van der Waals surface area contributed by atoms with E-state index in [0.29, 0.717) is 13.0 Å². The molecule has 1 fully saturated rings. The van der Waals surface area contributed by atoms with Gasteiger partial charge >= 0.3 is 5.97 Å². The summed E-state index contributed by atoms with van der Waals surface area (Å²) in [6.07, 6.45) is 2.38. The number of likely N-dealkylation sites (N-methyl/N-ethyl adjacent to an activating group) is 1. The molecule has 1 aliphatic carbocycles. The van der Waals surface area contributed by atoms with Crippen molar-refractivity contribution in [1.82, 2.24) is 20.1 Å². The van der Waals surface area contributed by atoms with Crippen LogP contribution in [0.5, 0.6) is 0 Å². The Morgan fingerprint density at radius 2 is 2.32 bits per heavy atom. The number of hydrogen-bond donors (Lipinski definition) is 1. The zero-order valence-electron chi connectivity index (χ0n) is 12.1. The van der Waals surface area contributed by atoms with Crippen LogP contribution in [0.15, 0.2) is 0 Å². The molecular weight excluding hydrogens is 244 g/mol. The summed E-state index contributed by atoms with van der Waals surface area (Å²) in [4.78, 5) is 16.5. The van der Waals surface area contributed by atoms with Gasteiger partial charge in [-0.2, -0.15) is 5.10 Å². The quantitative estimate of drug-likeness (QED) is 0.828. The number of nitrogens with one attached hydrogen (secondary N) is 1. The molecule has 1 aromatic rings. The maximum absolute atomic E-state index is 12.1. The van der Waals surface area contributed by atoms with Gasteiger partial charge in [-0.15, -0.1) is 0 Å². The lowest BCUT2D eigenvalue weighted by molar-refractivity contribution is -0.150. The Bertz CT molecular complexity index is 471. The first-order valence-electron chi connectivity index (χ1n) is 6.78. The molecule has 1 N–H and O–H groups in total. The van der Waals surface area contributed by atoms with E-state index in [1.165, 1.54) is 0 Å². The zero-order valence-corrected chi connectivity index (χ0v) is 12.1. The molecule has 0 radical (unpaired) electrons. The van der Waals surface area contributed by atoms with Crippen LogP contribution >= 0.6 is 0 Å². The van der Waals surface area contributed by atoms with E-state index < -0.39 is 5.54 Å². The van der Waals surface area contributed by atoms with Crippen molar-refractivity contribution >= 4 is 5.97 Å². The number of nitrogens with zero attached hydrogens (tertiary/aromatic N) is 3. The summed E-state index contributed by atoms with van der Waals surface area (Å²) in [5, 5.41) is 7.58. The van der Waals surface area contributed by atoms with Crippen molar-refractivity contribution < 1.29 is 9.53 Å². The second kappa shape index (κ2) is 5.28. The highest BCUT2D eigenvalue weighted by Crippen LogP contribution is 2.38. The highest BCUT2D eigenvalue weighted by Gasteiger charge is 2.46. The average Bonchev–Trinajstić information content (AvgIpc) is 2.94. The van der Waals surface area contributed by atoms with Crippen LogP contribution in [0.1, 0.15) is 43.9 Å². The second-order valence-corrected chi connectivity index (χ2v) is 5.10. The van der Waals surface area contributed by atoms with Gasteiger partial charge in [0.2, 0.25) is 0 Å². The maximum atomic E-state index is 12.1. The molecule has 0 bridgehead atoms. The lowest BCUT2D eigenvalue weighted by Gasteiger charge is -2.26. The van der Waals surface area contributed by atoms with E-state index in [1.807, 2.05) is 32.5 Å². The largest absolute Gasteiger partial charge is 0.465 e. The minimum atomic E-state index is -0.576. The van der Waals surface area contributed by atoms with Crippen molar-refractivity contribution in [2.45, 2.75) is 51.6 Å². The van der Waals surface area contributed by atoms with Crippen molar-refractivity contribution in [1.29, 1.82) is 0 Å². The number of rotatable bonds is 4. The fourth-order valence-corrected chi connectivity index (χ4v) is 2.89. The van der Waals surface area contributed by atoms with Crippen molar-refractivity contribution in [3.63, 3.8) is 0 Å². The Morgan fingerprint density at radius 1 is 1.58 bits per heavy atom. The molecular formula is C13H22N4O2. The van der Waals surface area contributed by atoms with E-state index in [1.54, 1.807) is 0 Å². The third-order valence-electron chi connectivity index (χ3n) is 3.89. The highest BCUT2D eigenvalue weighted by molar-refractivity contribution is 5.81. The molecule has 1 aliphatic rings. The smallest absolute Gasteiger partial charge is 0.326 e. The Hall–Kier alpha value is -1.43. The highest BCUT2D eigenvalue weighted by atomic mass is 16.5. The van der Waals surface area contributed by atoms with Crippen LogP contribution in [0.3, 0.4) is 0 Å².